The molecule has 1 fully saturated rings. The van der Waals surface area contributed by atoms with E-state index in [1.165, 1.54) is 15.5 Å². The number of amides is 3. The Morgan fingerprint density at radius 3 is 2.55 bits per heavy atom. The summed E-state index contributed by atoms with van der Waals surface area (Å²) in [6.07, 6.45) is 2.66. The molecule has 0 bridgehead atoms. The summed E-state index contributed by atoms with van der Waals surface area (Å²) in [5.41, 5.74) is 1.22. The standard InChI is InChI=1S/C19H26N4O5S/c1-29(27,28)22-10-8-14(9-11-22)12-20-17(24)6-7-19(26)23-13-18(25)21-15-4-2-3-5-16(15)23/h2-5,14H,6-13H2,1H3,(H,20,24)(H,21,25). The van der Waals surface area contributed by atoms with E-state index in [1.54, 1.807) is 24.3 Å². The zero-order valence-corrected chi connectivity index (χ0v) is 17.2. The molecule has 158 valence electrons. The van der Waals surface area contributed by atoms with Crippen LogP contribution in [0.4, 0.5) is 11.4 Å². The fraction of sp³-hybridized carbons (Fsp3) is 0.526. The maximum Gasteiger partial charge on any atom is 0.244 e. The second-order valence-corrected chi connectivity index (χ2v) is 9.44. The number of carbonyl (C=O) groups excluding carboxylic acids is 3. The maximum absolute atomic E-state index is 12.6. The molecule has 3 rings (SSSR count). The molecule has 29 heavy (non-hydrogen) atoms. The number of carbonyl (C=O) groups is 3. The fourth-order valence-electron chi connectivity index (χ4n) is 3.60. The number of hydrogen-bond acceptors (Lipinski definition) is 5. The summed E-state index contributed by atoms with van der Waals surface area (Å²) in [5.74, 6) is -0.533. The number of nitrogens with one attached hydrogen (secondary N) is 2. The predicted molar refractivity (Wildman–Crippen MR) is 109 cm³/mol. The molecule has 0 spiro atoms. The first-order valence-corrected chi connectivity index (χ1v) is 11.5. The van der Waals surface area contributed by atoms with Crippen LogP contribution in [0.5, 0.6) is 0 Å². The molecule has 10 heteroatoms. The highest BCUT2D eigenvalue weighted by Crippen LogP contribution is 2.29. The van der Waals surface area contributed by atoms with Crippen LogP contribution in [0, 0.1) is 5.92 Å². The Morgan fingerprint density at radius 1 is 1.17 bits per heavy atom. The molecule has 3 amide bonds. The number of fused-ring (bicyclic) bond motifs is 1. The van der Waals surface area contributed by atoms with Gasteiger partial charge in [0.2, 0.25) is 27.7 Å². The SMILES string of the molecule is CS(=O)(=O)N1CCC(CNC(=O)CCC(=O)N2CC(=O)Nc3ccccc32)CC1. The van der Waals surface area contributed by atoms with Crippen molar-refractivity contribution in [2.45, 2.75) is 25.7 Å². The summed E-state index contributed by atoms with van der Waals surface area (Å²) in [5, 5.41) is 5.56. The van der Waals surface area contributed by atoms with Crippen molar-refractivity contribution in [2.75, 3.05) is 42.7 Å². The van der Waals surface area contributed by atoms with Crippen molar-refractivity contribution in [1.29, 1.82) is 0 Å². The number of rotatable bonds is 6. The molecule has 2 aliphatic rings. The number of anilines is 2. The molecule has 2 heterocycles. The quantitative estimate of drug-likeness (QED) is 0.694. The lowest BCUT2D eigenvalue weighted by Crippen LogP contribution is -2.43. The van der Waals surface area contributed by atoms with Crippen LogP contribution >= 0.6 is 0 Å². The third kappa shape index (κ3) is 5.54. The Morgan fingerprint density at radius 2 is 1.86 bits per heavy atom. The molecule has 9 nitrogen and oxygen atoms in total. The lowest BCUT2D eigenvalue weighted by molar-refractivity contribution is -0.125. The number of hydrogen-bond donors (Lipinski definition) is 2. The van der Waals surface area contributed by atoms with E-state index in [0.717, 1.165) is 0 Å². The molecular formula is C19H26N4O5S. The average molecular weight is 423 g/mol. The van der Waals surface area contributed by atoms with Crippen LogP contribution < -0.4 is 15.5 Å². The van der Waals surface area contributed by atoms with E-state index in [1.807, 2.05) is 0 Å². The number of piperidine rings is 1. The molecule has 0 aliphatic carbocycles. The van der Waals surface area contributed by atoms with Gasteiger partial charge in [0.15, 0.2) is 0 Å². The van der Waals surface area contributed by atoms with Crippen LogP contribution in [0.3, 0.4) is 0 Å². The number of sulfonamides is 1. The average Bonchev–Trinajstić information content (AvgIpc) is 2.69. The third-order valence-corrected chi connectivity index (χ3v) is 6.57. The molecule has 0 saturated carbocycles. The highest BCUT2D eigenvalue weighted by Gasteiger charge is 2.27. The number of nitrogens with zero attached hydrogens (tertiary/aromatic N) is 2. The van der Waals surface area contributed by atoms with Gasteiger partial charge in [-0.3, -0.25) is 14.4 Å². The fourth-order valence-corrected chi connectivity index (χ4v) is 4.48. The Hall–Kier alpha value is -2.46. The zero-order chi connectivity index (χ0) is 21.0. The molecule has 1 aromatic carbocycles. The smallest absolute Gasteiger partial charge is 0.244 e. The normalized spacial score (nSPS) is 18.1. The van der Waals surface area contributed by atoms with E-state index in [9.17, 15) is 22.8 Å². The molecule has 0 radical (unpaired) electrons. The van der Waals surface area contributed by atoms with Gasteiger partial charge in [0.05, 0.1) is 17.6 Å². The molecule has 1 aromatic rings. The van der Waals surface area contributed by atoms with Crippen molar-refractivity contribution in [3.05, 3.63) is 24.3 Å². The van der Waals surface area contributed by atoms with Gasteiger partial charge >= 0.3 is 0 Å². The van der Waals surface area contributed by atoms with E-state index in [4.69, 9.17) is 0 Å². The largest absolute Gasteiger partial charge is 0.356 e. The lowest BCUT2D eigenvalue weighted by Gasteiger charge is -2.30. The minimum Gasteiger partial charge on any atom is -0.356 e. The topological polar surface area (TPSA) is 116 Å². The van der Waals surface area contributed by atoms with E-state index in [-0.39, 0.29) is 43.0 Å². The molecule has 0 atom stereocenters. The summed E-state index contributed by atoms with van der Waals surface area (Å²) < 4.78 is 24.5. The number of benzene rings is 1. The van der Waals surface area contributed by atoms with Gasteiger partial charge in [-0.05, 0) is 30.9 Å². The summed E-state index contributed by atoms with van der Waals surface area (Å²) in [4.78, 5) is 37.9. The molecule has 0 aromatic heterocycles. The molecule has 2 N–H and O–H groups in total. The van der Waals surface area contributed by atoms with Crippen LogP contribution in [0.15, 0.2) is 24.3 Å². The van der Waals surface area contributed by atoms with E-state index in [2.05, 4.69) is 10.6 Å². The van der Waals surface area contributed by atoms with Crippen molar-refractivity contribution in [1.82, 2.24) is 9.62 Å². The number of para-hydroxylation sites is 2. The van der Waals surface area contributed by atoms with Gasteiger partial charge in [-0.15, -0.1) is 0 Å². The van der Waals surface area contributed by atoms with Crippen molar-refractivity contribution in [3.8, 4) is 0 Å². The van der Waals surface area contributed by atoms with Crippen LogP contribution in [0.25, 0.3) is 0 Å². The van der Waals surface area contributed by atoms with E-state index >= 15 is 0 Å². The second kappa shape index (κ2) is 8.91. The van der Waals surface area contributed by atoms with Gasteiger partial charge < -0.3 is 15.5 Å². The Labute approximate surface area is 170 Å². The van der Waals surface area contributed by atoms with Gasteiger partial charge in [0.25, 0.3) is 0 Å². The Kier molecular flexibility index (Phi) is 6.53. The minimum absolute atomic E-state index is 0.0139. The van der Waals surface area contributed by atoms with Crippen LogP contribution in [-0.4, -0.2) is 62.9 Å². The van der Waals surface area contributed by atoms with E-state index in [0.29, 0.717) is 43.9 Å². The van der Waals surface area contributed by atoms with E-state index < -0.39 is 10.0 Å². The summed E-state index contributed by atoms with van der Waals surface area (Å²) >= 11 is 0. The van der Waals surface area contributed by atoms with Crippen LogP contribution in [-0.2, 0) is 24.4 Å². The van der Waals surface area contributed by atoms with Crippen LogP contribution in [0.2, 0.25) is 0 Å². The predicted octanol–water partition coefficient (Wildman–Crippen LogP) is 0.540. The highest BCUT2D eigenvalue weighted by molar-refractivity contribution is 7.88. The van der Waals surface area contributed by atoms with Gasteiger partial charge in [-0.1, -0.05) is 12.1 Å². The molecule has 1 saturated heterocycles. The molecular weight excluding hydrogens is 396 g/mol. The lowest BCUT2D eigenvalue weighted by atomic mass is 9.98. The van der Waals surface area contributed by atoms with Crippen LogP contribution in [0.1, 0.15) is 25.7 Å². The monoisotopic (exact) mass is 422 g/mol. The van der Waals surface area contributed by atoms with Crippen molar-refractivity contribution < 1.29 is 22.8 Å². The van der Waals surface area contributed by atoms with Gasteiger partial charge in [0.1, 0.15) is 6.54 Å². The van der Waals surface area contributed by atoms with Gasteiger partial charge in [-0.25, -0.2) is 12.7 Å². The highest BCUT2D eigenvalue weighted by atomic mass is 32.2. The van der Waals surface area contributed by atoms with Gasteiger partial charge in [-0.2, -0.15) is 0 Å². The summed E-state index contributed by atoms with van der Waals surface area (Å²) in [6.45, 7) is 1.35. The summed E-state index contributed by atoms with van der Waals surface area (Å²) in [6, 6.07) is 7.06. The molecule has 0 unspecified atom stereocenters. The minimum atomic E-state index is -3.16. The second-order valence-electron chi connectivity index (χ2n) is 7.45. The Balaban J connectivity index is 1.43. The maximum atomic E-state index is 12.6. The van der Waals surface area contributed by atoms with Crippen molar-refractivity contribution >= 4 is 39.1 Å². The first-order chi connectivity index (χ1) is 13.7. The van der Waals surface area contributed by atoms with Gasteiger partial charge in [0, 0.05) is 32.5 Å². The third-order valence-electron chi connectivity index (χ3n) is 5.27. The Bertz CT molecular complexity index is 894. The first-order valence-electron chi connectivity index (χ1n) is 9.65. The zero-order valence-electron chi connectivity index (χ0n) is 16.4. The molecule has 2 aliphatic heterocycles. The first kappa shape index (κ1) is 21.3. The summed E-state index contributed by atoms with van der Waals surface area (Å²) in [7, 11) is -3.16. The van der Waals surface area contributed by atoms with Crippen molar-refractivity contribution in [3.63, 3.8) is 0 Å². The van der Waals surface area contributed by atoms with Crippen molar-refractivity contribution in [2.24, 2.45) is 5.92 Å².